The smallest absolute Gasteiger partial charge is 0.123 e. The van der Waals surface area contributed by atoms with E-state index in [-0.39, 0.29) is 11.9 Å². The van der Waals surface area contributed by atoms with Crippen molar-refractivity contribution in [2.24, 2.45) is 5.84 Å². The van der Waals surface area contributed by atoms with Crippen molar-refractivity contribution in [2.75, 3.05) is 0 Å². The summed E-state index contributed by atoms with van der Waals surface area (Å²) in [7, 11) is 0. The minimum Gasteiger partial charge on any atom is -0.271 e. The summed E-state index contributed by atoms with van der Waals surface area (Å²) in [6.45, 7) is 1.92. The van der Waals surface area contributed by atoms with Crippen LogP contribution in [0.2, 0.25) is 0 Å². The van der Waals surface area contributed by atoms with E-state index in [0.717, 1.165) is 16.8 Å². The highest BCUT2D eigenvalue weighted by Crippen LogP contribution is 2.23. The standard InChI is InChI=1S/C13H14FN3/c1-9-12(3-2-8-16-9)13(17-15)10-4-6-11(14)7-5-10/h2-8,13,17H,15H2,1H3. The Morgan fingerprint density at radius 2 is 1.94 bits per heavy atom. The van der Waals surface area contributed by atoms with Crippen molar-refractivity contribution in [1.29, 1.82) is 0 Å². The van der Waals surface area contributed by atoms with Gasteiger partial charge in [-0.25, -0.2) is 9.82 Å². The maximum absolute atomic E-state index is 12.9. The van der Waals surface area contributed by atoms with Gasteiger partial charge in [-0.15, -0.1) is 0 Å². The fourth-order valence-corrected chi connectivity index (χ4v) is 1.82. The van der Waals surface area contributed by atoms with Crippen LogP contribution in [0.5, 0.6) is 0 Å². The lowest BCUT2D eigenvalue weighted by Gasteiger charge is -2.18. The Bertz CT molecular complexity index is 496. The molecule has 0 radical (unpaired) electrons. The minimum atomic E-state index is -0.257. The van der Waals surface area contributed by atoms with Gasteiger partial charge in [-0.05, 0) is 36.2 Å². The Morgan fingerprint density at radius 1 is 1.24 bits per heavy atom. The lowest BCUT2D eigenvalue weighted by Crippen LogP contribution is -2.29. The van der Waals surface area contributed by atoms with Crippen molar-refractivity contribution in [3.63, 3.8) is 0 Å². The number of hydrogen-bond donors (Lipinski definition) is 2. The second-order valence-electron chi connectivity index (χ2n) is 3.83. The van der Waals surface area contributed by atoms with Crippen LogP contribution < -0.4 is 11.3 Å². The van der Waals surface area contributed by atoms with Crippen LogP contribution in [0.4, 0.5) is 4.39 Å². The minimum absolute atomic E-state index is 0.177. The highest BCUT2D eigenvalue weighted by molar-refractivity contribution is 5.33. The molecule has 1 aromatic carbocycles. The predicted molar refractivity (Wildman–Crippen MR) is 64.5 cm³/mol. The molecule has 88 valence electrons. The van der Waals surface area contributed by atoms with Crippen molar-refractivity contribution in [3.05, 3.63) is 65.2 Å². The summed E-state index contributed by atoms with van der Waals surface area (Å²) in [5.41, 5.74) is 5.53. The number of halogens is 1. The van der Waals surface area contributed by atoms with Crippen molar-refractivity contribution in [2.45, 2.75) is 13.0 Å². The monoisotopic (exact) mass is 231 g/mol. The van der Waals surface area contributed by atoms with Crippen molar-refractivity contribution < 1.29 is 4.39 Å². The highest BCUT2D eigenvalue weighted by atomic mass is 19.1. The molecule has 0 aliphatic rings. The summed E-state index contributed by atoms with van der Waals surface area (Å²) >= 11 is 0. The fraction of sp³-hybridized carbons (Fsp3) is 0.154. The number of hydrogen-bond acceptors (Lipinski definition) is 3. The number of nitrogens with zero attached hydrogens (tertiary/aromatic N) is 1. The van der Waals surface area contributed by atoms with Crippen LogP contribution in [-0.2, 0) is 0 Å². The van der Waals surface area contributed by atoms with E-state index < -0.39 is 0 Å². The number of aromatic nitrogens is 1. The summed E-state index contributed by atoms with van der Waals surface area (Å²) in [5, 5.41) is 0. The molecule has 1 atom stereocenters. The van der Waals surface area contributed by atoms with E-state index >= 15 is 0 Å². The molecule has 4 heteroatoms. The molecule has 3 N–H and O–H groups in total. The van der Waals surface area contributed by atoms with Crippen LogP contribution in [0.3, 0.4) is 0 Å². The van der Waals surface area contributed by atoms with Gasteiger partial charge < -0.3 is 0 Å². The third kappa shape index (κ3) is 2.49. The van der Waals surface area contributed by atoms with Crippen LogP contribution in [0.1, 0.15) is 22.9 Å². The highest BCUT2D eigenvalue weighted by Gasteiger charge is 2.14. The van der Waals surface area contributed by atoms with Crippen LogP contribution >= 0.6 is 0 Å². The van der Waals surface area contributed by atoms with E-state index in [1.165, 1.54) is 12.1 Å². The topological polar surface area (TPSA) is 50.9 Å². The first-order chi connectivity index (χ1) is 8.22. The second kappa shape index (κ2) is 5.03. The van der Waals surface area contributed by atoms with Crippen LogP contribution in [0.15, 0.2) is 42.6 Å². The molecule has 2 aromatic rings. The van der Waals surface area contributed by atoms with Gasteiger partial charge in [0.25, 0.3) is 0 Å². The summed E-state index contributed by atoms with van der Waals surface area (Å²) < 4.78 is 12.9. The zero-order chi connectivity index (χ0) is 12.3. The molecular formula is C13H14FN3. The van der Waals surface area contributed by atoms with E-state index in [2.05, 4.69) is 10.4 Å². The molecule has 1 aromatic heterocycles. The molecular weight excluding hydrogens is 217 g/mol. The molecule has 0 saturated heterocycles. The van der Waals surface area contributed by atoms with Crippen molar-refractivity contribution in [1.82, 2.24) is 10.4 Å². The lowest BCUT2D eigenvalue weighted by molar-refractivity contribution is 0.613. The molecule has 0 amide bonds. The molecule has 0 fully saturated rings. The van der Waals surface area contributed by atoms with Gasteiger partial charge in [-0.1, -0.05) is 18.2 Å². The first-order valence-corrected chi connectivity index (χ1v) is 5.35. The first kappa shape index (κ1) is 11.7. The van der Waals surface area contributed by atoms with Crippen LogP contribution in [0, 0.1) is 12.7 Å². The van der Waals surface area contributed by atoms with E-state index in [0.29, 0.717) is 0 Å². The average molecular weight is 231 g/mol. The van der Waals surface area contributed by atoms with Crippen LogP contribution in [0.25, 0.3) is 0 Å². The van der Waals surface area contributed by atoms with E-state index in [9.17, 15) is 4.39 Å². The molecule has 17 heavy (non-hydrogen) atoms. The maximum atomic E-state index is 12.9. The number of nitrogens with two attached hydrogens (primary N) is 1. The third-order valence-corrected chi connectivity index (χ3v) is 2.73. The maximum Gasteiger partial charge on any atom is 0.123 e. The molecule has 0 saturated carbocycles. The molecule has 0 bridgehead atoms. The van der Waals surface area contributed by atoms with Gasteiger partial charge in [0.05, 0.1) is 6.04 Å². The van der Waals surface area contributed by atoms with E-state index in [1.807, 2.05) is 19.1 Å². The SMILES string of the molecule is Cc1ncccc1C(NN)c1ccc(F)cc1. The summed E-state index contributed by atoms with van der Waals surface area (Å²) in [5.74, 6) is 5.32. The van der Waals surface area contributed by atoms with E-state index in [4.69, 9.17) is 5.84 Å². The van der Waals surface area contributed by atoms with Gasteiger partial charge in [0, 0.05) is 11.9 Å². The molecule has 2 rings (SSSR count). The fourth-order valence-electron chi connectivity index (χ4n) is 1.82. The molecule has 0 spiro atoms. The zero-order valence-electron chi connectivity index (χ0n) is 9.52. The Labute approximate surface area is 99.5 Å². The Balaban J connectivity index is 2.40. The van der Waals surface area contributed by atoms with Crippen molar-refractivity contribution >= 4 is 0 Å². The quantitative estimate of drug-likeness (QED) is 0.628. The van der Waals surface area contributed by atoms with Crippen molar-refractivity contribution in [3.8, 4) is 0 Å². The summed E-state index contributed by atoms with van der Waals surface area (Å²) in [6.07, 6.45) is 1.73. The van der Waals surface area contributed by atoms with Gasteiger partial charge in [0.15, 0.2) is 0 Å². The number of pyridine rings is 1. The number of benzene rings is 1. The summed E-state index contributed by atoms with van der Waals surface area (Å²) in [4.78, 5) is 4.22. The molecule has 3 nitrogen and oxygen atoms in total. The average Bonchev–Trinajstić information content (AvgIpc) is 2.35. The number of aryl methyl sites for hydroxylation is 1. The second-order valence-corrected chi connectivity index (χ2v) is 3.83. The molecule has 1 unspecified atom stereocenters. The Hall–Kier alpha value is -1.78. The molecule has 0 aliphatic carbocycles. The zero-order valence-corrected chi connectivity index (χ0v) is 9.52. The number of nitrogens with one attached hydrogen (secondary N) is 1. The van der Waals surface area contributed by atoms with Gasteiger partial charge in [-0.2, -0.15) is 0 Å². The Kier molecular flexibility index (Phi) is 3.46. The largest absolute Gasteiger partial charge is 0.271 e. The van der Waals surface area contributed by atoms with Gasteiger partial charge >= 0.3 is 0 Å². The normalized spacial score (nSPS) is 12.4. The number of hydrazine groups is 1. The van der Waals surface area contributed by atoms with Gasteiger partial charge in [0.1, 0.15) is 5.82 Å². The van der Waals surface area contributed by atoms with Gasteiger partial charge in [-0.3, -0.25) is 10.8 Å². The van der Waals surface area contributed by atoms with Crippen LogP contribution in [-0.4, -0.2) is 4.98 Å². The Morgan fingerprint density at radius 3 is 2.53 bits per heavy atom. The summed E-state index contributed by atoms with van der Waals surface area (Å²) in [6, 6.07) is 9.91. The molecule has 0 aliphatic heterocycles. The first-order valence-electron chi connectivity index (χ1n) is 5.35. The lowest BCUT2D eigenvalue weighted by atomic mass is 9.98. The number of rotatable bonds is 3. The molecule has 1 heterocycles. The predicted octanol–water partition coefficient (Wildman–Crippen LogP) is 2.08. The van der Waals surface area contributed by atoms with E-state index in [1.54, 1.807) is 18.3 Å². The van der Waals surface area contributed by atoms with Gasteiger partial charge in [0.2, 0.25) is 0 Å². The third-order valence-electron chi connectivity index (χ3n) is 2.73.